The van der Waals surface area contributed by atoms with Crippen molar-refractivity contribution < 1.29 is 0 Å². The topological polar surface area (TPSA) is 48.7 Å². The molecule has 3 rings (SSSR count). The summed E-state index contributed by atoms with van der Waals surface area (Å²) in [6, 6.07) is 2.45. The highest BCUT2D eigenvalue weighted by Gasteiger charge is 2.51. The van der Waals surface area contributed by atoms with Gasteiger partial charge in [-0.2, -0.15) is 5.26 Å². The van der Waals surface area contributed by atoms with Gasteiger partial charge in [0.15, 0.2) is 0 Å². The fourth-order valence-electron chi connectivity index (χ4n) is 3.32. The zero-order chi connectivity index (χ0) is 13.0. The molecule has 1 aliphatic heterocycles. The van der Waals surface area contributed by atoms with Crippen LogP contribution in [0.3, 0.4) is 0 Å². The normalized spacial score (nSPS) is 33.2. The first-order valence-corrected chi connectivity index (χ1v) is 7.16. The monoisotopic (exact) mass is 325 g/mol. The highest BCUT2D eigenvalue weighted by molar-refractivity contribution is 9.10. The van der Waals surface area contributed by atoms with Crippen LogP contribution < -0.4 is 5.32 Å². The molecule has 5 heteroatoms. The Labute approximate surface area is 120 Å². The number of rotatable bonds is 0. The van der Waals surface area contributed by atoms with E-state index in [1.54, 1.807) is 6.20 Å². The molecule has 1 N–H and O–H groups in total. The molecule has 2 atom stereocenters. The van der Waals surface area contributed by atoms with E-state index in [0.29, 0.717) is 0 Å². The van der Waals surface area contributed by atoms with Crippen LogP contribution >= 0.6 is 27.5 Å². The smallest absolute Gasteiger partial charge is 0.131 e. The highest BCUT2D eigenvalue weighted by Crippen LogP contribution is 2.56. The molecule has 0 aromatic carbocycles. The molecule has 1 fully saturated rings. The van der Waals surface area contributed by atoms with Crippen molar-refractivity contribution in [3.8, 4) is 6.07 Å². The van der Waals surface area contributed by atoms with Crippen molar-refractivity contribution >= 4 is 33.3 Å². The second-order valence-corrected chi connectivity index (χ2v) is 6.86. The van der Waals surface area contributed by atoms with Gasteiger partial charge in [0.2, 0.25) is 0 Å². The van der Waals surface area contributed by atoms with Crippen LogP contribution in [-0.2, 0) is 5.41 Å². The average Bonchev–Trinajstić information content (AvgIpc) is 2.88. The van der Waals surface area contributed by atoms with Crippen LogP contribution in [0.2, 0.25) is 5.02 Å². The number of nitrogens with one attached hydrogen (secondary N) is 1. The van der Waals surface area contributed by atoms with E-state index in [1.807, 2.05) is 6.92 Å². The largest absolute Gasteiger partial charge is 0.369 e. The molecule has 1 saturated carbocycles. The van der Waals surface area contributed by atoms with Gasteiger partial charge in [0.05, 0.1) is 21.0 Å². The van der Waals surface area contributed by atoms with E-state index >= 15 is 0 Å². The Kier molecular flexibility index (Phi) is 2.62. The molecule has 0 amide bonds. The third-order valence-electron chi connectivity index (χ3n) is 4.25. The molecular weight excluding hydrogens is 314 g/mol. The van der Waals surface area contributed by atoms with E-state index in [9.17, 15) is 5.26 Å². The lowest BCUT2D eigenvalue weighted by Gasteiger charge is -2.25. The Morgan fingerprint density at radius 1 is 1.56 bits per heavy atom. The summed E-state index contributed by atoms with van der Waals surface area (Å²) >= 11 is 9.87. The van der Waals surface area contributed by atoms with Gasteiger partial charge in [-0.3, -0.25) is 0 Å². The fraction of sp³-hybridized carbons (Fsp3) is 0.538. The summed E-state index contributed by atoms with van der Waals surface area (Å²) in [6.07, 6.45) is 4.50. The van der Waals surface area contributed by atoms with E-state index in [-0.39, 0.29) is 10.8 Å². The lowest BCUT2D eigenvalue weighted by molar-refractivity contribution is 0.404. The minimum absolute atomic E-state index is 0.0202. The van der Waals surface area contributed by atoms with Crippen molar-refractivity contribution in [1.82, 2.24) is 4.98 Å². The highest BCUT2D eigenvalue weighted by atomic mass is 79.9. The summed E-state index contributed by atoms with van der Waals surface area (Å²) in [5.41, 5.74) is 0.834. The molecule has 0 radical (unpaired) electrons. The fourth-order valence-corrected chi connectivity index (χ4v) is 3.96. The van der Waals surface area contributed by atoms with Gasteiger partial charge in [0.25, 0.3) is 0 Å². The minimum Gasteiger partial charge on any atom is -0.369 e. The predicted molar refractivity (Wildman–Crippen MR) is 74.7 cm³/mol. The maximum atomic E-state index is 9.31. The van der Waals surface area contributed by atoms with E-state index in [0.717, 1.165) is 46.7 Å². The molecule has 3 nitrogen and oxygen atoms in total. The molecule has 0 saturated heterocycles. The summed E-state index contributed by atoms with van der Waals surface area (Å²) in [5.74, 6) is 0.880. The lowest BCUT2D eigenvalue weighted by atomic mass is 9.78. The van der Waals surface area contributed by atoms with Gasteiger partial charge in [-0.15, -0.1) is 0 Å². The predicted octanol–water partition coefficient (Wildman–Crippen LogP) is 3.87. The Morgan fingerprint density at radius 2 is 2.33 bits per heavy atom. The Bertz CT molecular complexity index is 568. The van der Waals surface area contributed by atoms with Gasteiger partial charge in [-0.25, -0.2) is 4.98 Å². The summed E-state index contributed by atoms with van der Waals surface area (Å²) < 4.78 is 0.830. The van der Waals surface area contributed by atoms with Crippen molar-refractivity contribution in [2.75, 3.05) is 11.9 Å². The number of fused-ring (bicyclic) bond motifs is 2. The van der Waals surface area contributed by atoms with E-state index < -0.39 is 0 Å². The first kappa shape index (κ1) is 12.3. The quantitative estimate of drug-likeness (QED) is 0.787. The zero-order valence-electron chi connectivity index (χ0n) is 10.1. The molecule has 1 aliphatic carbocycles. The summed E-state index contributed by atoms with van der Waals surface area (Å²) in [5, 5.41) is 13.4. The molecular formula is C13H13BrClN3. The van der Waals surface area contributed by atoms with Crippen LogP contribution in [0.5, 0.6) is 0 Å². The number of aromatic nitrogens is 1. The second-order valence-electron chi connectivity index (χ2n) is 5.63. The van der Waals surface area contributed by atoms with Gasteiger partial charge in [-0.05, 0) is 42.1 Å². The molecule has 1 spiro atoms. The molecule has 94 valence electrons. The number of anilines is 1. The standard InChI is InChI=1S/C13H13BrClN3/c1-12(6-16)2-3-13(5-12)7-18-11-9(13)10(15)8(14)4-17-11/h4H,2-3,5,7H2,1H3,(H,17,18)/t12-,13+/m1/s1. The van der Waals surface area contributed by atoms with Crippen LogP contribution in [0.4, 0.5) is 5.82 Å². The molecule has 1 aromatic heterocycles. The molecule has 2 heterocycles. The van der Waals surface area contributed by atoms with Crippen LogP contribution in [-0.4, -0.2) is 11.5 Å². The van der Waals surface area contributed by atoms with Crippen molar-refractivity contribution in [2.45, 2.75) is 31.6 Å². The first-order valence-electron chi connectivity index (χ1n) is 5.99. The Balaban J connectivity index is 2.11. The second kappa shape index (κ2) is 3.85. The van der Waals surface area contributed by atoms with Crippen molar-refractivity contribution in [3.63, 3.8) is 0 Å². The molecule has 2 aliphatic rings. The van der Waals surface area contributed by atoms with Crippen molar-refractivity contribution in [2.24, 2.45) is 5.41 Å². The zero-order valence-corrected chi connectivity index (χ0v) is 12.4. The number of nitriles is 1. The molecule has 0 bridgehead atoms. The van der Waals surface area contributed by atoms with Gasteiger partial charge in [0.1, 0.15) is 5.82 Å². The van der Waals surface area contributed by atoms with Crippen molar-refractivity contribution in [3.05, 3.63) is 21.3 Å². The van der Waals surface area contributed by atoms with Crippen LogP contribution in [0.15, 0.2) is 10.7 Å². The SMILES string of the molecule is C[C@@]1(C#N)CC[C@@]2(CNc3ncc(Br)c(Cl)c32)C1. The van der Waals surface area contributed by atoms with Gasteiger partial charge >= 0.3 is 0 Å². The maximum Gasteiger partial charge on any atom is 0.131 e. The van der Waals surface area contributed by atoms with Crippen LogP contribution in [0, 0.1) is 16.7 Å². The van der Waals surface area contributed by atoms with E-state index in [1.165, 1.54) is 0 Å². The van der Waals surface area contributed by atoms with E-state index in [2.05, 4.69) is 32.3 Å². The maximum absolute atomic E-state index is 9.31. The number of halogens is 2. The number of hydrogen-bond donors (Lipinski definition) is 1. The molecule has 18 heavy (non-hydrogen) atoms. The van der Waals surface area contributed by atoms with Crippen LogP contribution in [0.1, 0.15) is 31.7 Å². The number of pyridine rings is 1. The van der Waals surface area contributed by atoms with Gasteiger partial charge in [0, 0.05) is 23.7 Å². The number of hydrogen-bond acceptors (Lipinski definition) is 3. The Hall–Kier alpha value is -0.790. The molecule has 1 aromatic rings. The summed E-state index contributed by atoms with van der Waals surface area (Å²) in [7, 11) is 0. The summed E-state index contributed by atoms with van der Waals surface area (Å²) in [4.78, 5) is 4.39. The van der Waals surface area contributed by atoms with Gasteiger partial charge < -0.3 is 5.32 Å². The summed E-state index contributed by atoms with van der Waals surface area (Å²) in [6.45, 7) is 2.88. The number of nitrogens with zero attached hydrogens (tertiary/aromatic N) is 2. The third kappa shape index (κ3) is 1.57. The Morgan fingerprint density at radius 3 is 3.00 bits per heavy atom. The lowest BCUT2D eigenvalue weighted by Crippen LogP contribution is -2.27. The van der Waals surface area contributed by atoms with Crippen molar-refractivity contribution in [1.29, 1.82) is 5.26 Å². The average molecular weight is 327 g/mol. The van der Waals surface area contributed by atoms with E-state index in [4.69, 9.17) is 11.6 Å². The minimum atomic E-state index is -0.241. The van der Waals surface area contributed by atoms with Gasteiger partial charge in [-0.1, -0.05) is 11.6 Å². The molecule has 0 unspecified atom stereocenters. The third-order valence-corrected chi connectivity index (χ3v) is 5.47. The first-order chi connectivity index (χ1) is 8.50. The van der Waals surface area contributed by atoms with Crippen LogP contribution in [0.25, 0.3) is 0 Å².